The van der Waals surface area contributed by atoms with Crippen molar-refractivity contribution in [1.29, 1.82) is 0 Å². The molecular weight excluding hydrogens is 342 g/mol. The minimum absolute atomic E-state index is 0.659. The molecule has 3 heterocycles. The largest absolute Gasteiger partial charge is 0.379 e. The van der Waals surface area contributed by atoms with Crippen molar-refractivity contribution in [3.05, 3.63) is 65.2 Å². The minimum Gasteiger partial charge on any atom is -0.379 e. The highest BCUT2D eigenvalue weighted by atomic mass is 79.9. The smallest absolute Gasteiger partial charge is 0.155 e. The average molecular weight is 354 g/mol. The van der Waals surface area contributed by atoms with Crippen LogP contribution in [-0.2, 0) is 6.54 Å². The first kappa shape index (κ1) is 13.2. The van der Waals surface area contributed by atoms with Crippen LogP contribution in [0.25, 0.3) is 16.6 Å². The van der Waals surface area contributed by atoms with Crippen molar-refractivity contribution in [2.24, 2.45) is 0 Å². The Labute approximate surface area is 135 Å². The number of rotatable bonds is 3. The molecule has 4 rings (SSSR count). The molecule has 0 aliphatic rings. The van der Waals surface area contributed by atoms with E-state index in [-0.39, 0.29) is 0 Å². The first-order chi connectivity index (χ1) is 10.8. The summed E-state index contributed by atoms with van der Waals surface area (Å²) >= 11 is 3.51. The number of nitrogens with zero attached hydrogens (tertiary/aromatic N) is 4. The molecule has 0 aliphatic carbocycles. The van der Waals surface area contributed by atoms with E-state index in [1.54, 1.807) is 12.4 Å². The van der Waals surface area contributed by atoms with Gasteiger partial charge in [-0.25, -0.2) is 9.50 Å². The molecule has 0 bridgehead atoms. The number of hydrogen-bond acceptors (Lipinski definition) is 4. The van der Waals surface area contributed by atoms with E-state index in [0.717, 1.165) is 32.4 Å². The predicted octanol–water partition coefficient (Wildman–Crippen LogP) is 3.65. The second-order valence-corrected chi connectivity index (χ2v) is 5.83. The van der Waals surface area contributed by atoms with Crippen LogP contribution in [0.15, 0.2) is 59.5 Å². The molecule has 22 heavy (non-hydrogen) atoms. The number of nitrogens with one attached hydrogen (secondary N) is 1. The van der Waals surface area contributed by atoms with E-state index in [0.29, 0.717) is 6.54 Å². The lowest BCUT2D eigenvalue weighted by Gasteiger charge is -2.10. The van der Waals surface area contributed by atoms with Crippen LogP contribution in [0.3, 0.4) is 0 Å². The van der Waals surface area contributed by atoms with Gasteiger partial charge in [0.1, 0.15) is 0 Å². The molecular formula is C16H12BrN5. The molecule has 4 aromatic rings. The standard InChI is InChI=1S/C16H12BrN5/c17-11-1-2-14-13(9-11)15(4-7-18-14)20-10-12-3-6-19-16-5-8-21-22(12)16/h1-9H,10H2,(H,18,20). The van der Waals surface area contributed by atoms with Gasteiger partial charge in [-0.15, -0.1) is 0 Å². The Morgan fingerprint density at radius 1 is 1.00 bits per heavy atom. The number of halogens is 1. The lowest BCUT2D eigenvalue weighted by Crippen LogP contribution is -2.06. The molecule has 1 aromatic carbocycles. The van der Waals surface area contributed by atoms with Gasteiger partial charge in [0.2, 0.25) is 0 Å². The molecule has 0 amide bonds. The second-order valence-electron chi connectivity index (χ2n) is 4.91. The van der Waals surface area contributed by atoms with Crippen LogP contribution in [0.1, 0.15) is 5.69 Å². The van der Waals surface area contributed by atoms with Crippen LogP contribution in [0.5, 0.6) is 0 Å². The fourth-order valence-corrected chi connectivity index (χ4v) is 2.84. The molecule has 108 valence electrons. The Morgan fingerprint density at radius 3 is 2.86 bits per heavy atom. The first-order valence-electron chi connectivity index (χ1n) is 6.87. The van der Waals surface area contributed by atoms with E-state index >= 15 is 0 Å². The number of anilines is 1. The van der Waals surface area contributed by atoms with Gasteiger partial charge in [0.15, 0.2) is 5.65 Å². The van der Waals surface area contributed by atoms with Crippen LogP contribution in [0.4, 0.5) is 5.69 Å². The molecule has 0 saturated heterocycles. The molecule has 0 atom stereocenters. The van der Waals surface area contributed by atoms with Gasteiger partial charge in [0, 0.05) is 34.0 Å². The lowest BCUT2D eigenvalue weighted by molar-refractivity contribution is 0.854. The molecule has 0 saturated carbocycles. The second kappa shape index (κ2) is 5.38. The molecule has 0 radical (unpaired) electrons. The summed E-state index contributed by atoms with van der Waals surface area (Å²) in [6.07, 6.45) is 5.37. The van der Waals surface area contributed by atoms with E-state index in [9.17, 15) is 0 Å². The van der Waals surface area contributed by atoms with E-state index in [1.807, 2.05) is 41.0 Å². The molecule has 0 fully saturated rings. The monoisotopic (exact) mass is 353 g/mol. The lowest BCUT2D eigenvalue weighted by atomic mass is 10.2. The van der Waals surface area contributed by atoms with E-state index in [2.05, 4.69) is 42.4 Å². The van der Waals surface area contributed by atoms with Gasteiger partial charge in [0.05, 0.1) is 24.0 Å². The number of pyridine rings is 1. The normalized spacial score (nSPS) is 11.1. The van der Waals surface area contributed by atoms with Crippen molar-refractivity contribution in [2.45, 2.75) is 6.54 Å². The zero-order valence-corrected chi connectivity index (χ0v) is 13.2. The third-order valence-electron chi connectivity index (χ3n) is 3.53. The van der Waals surface area contributed by atoms with Crippen molar-refractivity contribution >= 4 is 38.2 Å². The maximum atomic E-state index is 4.39. The Hall–Kier alpha value is -2.47. The molecule has 6 heteroatoms. The summed E-state index contributed by atoms with van der Waals surface area (Å²) in [5, 5.41) is 8.85. The number of benzene rings is 1. The zero-order chi connectivity index (χ0) is 14.9. The average Bonchev–Trinajstić information content (AvgIpc) is 3.02. The zero-order valence-electron chi connectivity index (χ0n) is 11.6. The Morgan fingerprint density at radius 2 is 1.91 bits per heavy atom. The van der Waals surface area contributed by atoms with E-state index < -0.39 is 0 Å². The summed E-state index contributed by atoms with van der Waals surface area (Å²) in [4.78, 5) is 8.67. The van der Waals surface area contributed by atoms with Crippen LogP contribution in [0.2, 0.25) is 0 Å². The van der Waals surface area contributed by atoms with Gasteiger partial charge in [-0.1, -0.05) is 15.9 Å². The summed E-state index contributed by atoms with van der Waals surface area (Å²) in [5.74, 6) is 0. The Kier molecular flexibility index (Phi) is 3.23. The van der Waals surface area contributed by atoms with Gasteiger partial charge in [0.25, 0.3) is 0 Å². The van der Waals surface area contributed by atoms with E-state index in [4.69, 9.17) is 0 Å². The Bertz CT molecular complexity index is 963. The van der Waals surface area contributed by atoms with Gasteiger partial charge >= 0.3 is 0 Å². The summed E-state index contributed by atoms with van der Waals surface area (Å²) in [7, 11) is 0. The number of aromatic nitrogens is 4. The van der Waals surface area contributed by atoms with Crippen LogP contribution in [0, 0.1) is 0 Å². The highest BCUT2D eigenvalue weighted by Crippen LogP contribution is 2.25. The topological polar surface area (TPSA) is 55.1 Å². The maximum absolute atomic E-state index is 4.39. The van der Waals surface area contributed by atoms with Crippen molar-refractivity contribution < 1.29 is 0 Å². The van der Waals surface area contributed by atoms with Crippen molar-refractivity contribution in [3.63, 3.8) is 0 Å². The fourth-order valence-electron chi connectivity index (χ4n) is 2.48. The summed E-state index contributed by atoms with van der Waals surface area (Å²) in [6.45, 7) is 0.659. The number of fused-ring (bicyclic) bond motifs is 2. The molecule has 0 aliphatic heterocycles. The number of hydrogen-bond donors (Lipinski definition) is 1. The van der Waals surface area contributed by atoms with Crippen molar-refractivity contribution in [3.8, 4) is 0 Å². The molecule has 5 nitrogen and oxygen atoms in total. The van der Waals surface area contributed by atoms with Crippen molar-refractivity contribution in [2.75, 3.05) is 5.32 Å². The molecule has 0 spiro atoms. The van der Waals surface area contributed by atoms with Gasteiger partial charge < -0.3 is 5.32 Å². The quantitative estimate of drug-likeness (QED) is 0.610. The molecule has 1 N–H and O–H groups in total. The highest BCUT2D eigenvalue weighted by Gasteiger charge is 2.05. The predicted molar refractivity (Wildman–Crippen MR) is 89.8 cm³/mol. The third kappa shape index (κ3) is 2.31. The molecule has 0 unspecified atom stereocenters. The minimum atomic E-state index is 0.659. The highest BCUT2D eigenvalue weighted by molar-refractivity contribution is 9.10. The fraction of sp³-hybridized carbons (Fsp3) is 0.0625. The van der Waals surface area contributed by atoms with E-state index in [1.165, 1.54) is 0 Å². The van der Waals surface area contributed by atoms with Crippen LogP contribution >= 0.6 is 15.9 Å². The van der Waals surface area contributed by atoms with Crippen LogP contribution < -0.4 is 5.32 Å². The summed E-state index contributed by atoms with van der Waals surface area (Å²) in [6, 6.07) is 11.9. The van der Waals surface area contributed by atoms with Gasteiger partial charge in [-0.05, 0) is 30.3 Å². The molecule has 3 aromatic heterocycles. The first-order valence-corrected chi connectivity index (χ1v) is 7.66. The SMILES string of the molecule is Brc1ccc2nccc(NCc3ccnc4ccnn34)c2c1. The summed E-state index contributed by atoms with van der Waals surface area (Å²) < 4.78 is 2.88. The van der Waals surface area contributed by atoms with Crippen LogP contribution in [-0.4, -0.2) is 19.6 Å². The summed E-state index contributed by atoms with van der Waals surface area (Å²) in [5.41, 5.74) is 3.91. The van der Waals surface area contributed by atoms with Gasteiger partial charge in [-0.2, -0.15) is 5.10 Å². The van der Waals surface area contributed by atoms with Crippen molar-refractivity contribution in [1.82, 2.24) is 19.6 Å². The van der Waals surface area contributed by atoms with Gasteiger partial charge in [-0.3, -0.25) is 4.98 Å². The third-order valence-corrected chi connectivity index (χ3v) is 4.03. The maximum Gasteiger partial charge on any atom is 0.155 e. The Balaban J connectivity index is 1.69.